The minimum absolute atomic E-state index is 0.0514. The Labute approximate surface area is 119 Å². The van der Waals surface area contributed by atoms with Gasteiger partial charge in [0.05, 0.1) is 13.2 Å². The van der Waals surface area contributed by atoms with Gasteiger partial charge in [0.1, 0.15) is 6.04 Å². The minimum atomic E-state index is -0.303. The summed E-state index contributed by atoms with van der Waals surface area (Å²) in [5, 5.41) is 0. The molecule has 1 fully saturated rings. The first-order chi connectivity index (χ1) is 9.61. The zero-order valence-corrected chi connectivity index (χ0v) is 12.2. The molecule has 0 bridgehead atoms. The Balaban J connectivity index is 2.21. The maximum atomic E-state index is 11.9. The predicted molar refractivity (Wildman–Crippen MR) is 74.8 cm³/mol. The van der Waals surface area contributed by atoms with E-state index in [1.165, 1.54) is 7.11 Å². The average molecular weight is 279 g/mol. The van der Waals surface area contributed by atoms with Crippen LogP contribution >= 0.6 is 0 Å². The number of piperidine rings is 1. The van der Waals surface area contributed by atoms with Crippen LogP contribution in [0, 0.1) is 0 Å². The van der Waals surface area contributed by atoms with Gasteiger partial charge in [-0.25, -0.2) is 9.78 Å². The number of carbonyl (C=O) groups excluding carboxylic acids is 1. The average Bonchev–Trinajstić information content (AvgIpc) is 2.46. The Kier molecular flexibility index (Phi) is 4.76. The summed E-state index contributed by atoms with van der Waals surface area (Å²) in [6.45, 7) is 4.64. The zero-order valence-electron chi connectivity index (χ0n) is 12.2. The molecule has 6 heteroatoms. The largest absolute Gasteiger partial charge is 0.475 e. The second kappa shape index (κ2) is 6.54. The summed E-state index contributed by atoms with van der Waals surface area (Å²) in [5.74, 6) is 0.820. The summed E-state index contributed by atoms with van der Waals surface area (Å²) in [7, 11) is 1.41. The van der Waals surface area contributed by atoms with Crippen molar-refractivity contribution in [2.24, 2.45) is 0 Å². The molecule has 0 spiro atoms. The number of carbonyl (C=O) groups is 1. The molecular formula is C14H21N3O3. The van der Waals surface area contributed by atoms with Crippen LogP contribution in [0.4, 0.5) is 5.95 Å². The first-order valence-electron chi connectivity index (χ1n) is 6.96. The number of hydrogen-bond donors (Lipinski definition) is 0. The molecule has 6 nitrogen and oxygen atoms in total. The molecule has 0 radical (unpaired) electrons. The van der Waals surface area contributed by atoms with Crippen molar-refractivity contribution in [2.45, 2.75) is 45.3 Å². The number of anilines is 1. The third kappa shape index (κ3) is 3.37. The number of esters is 1. The number of aromatic nitrogens is 2. The van der Waals surface area contributed by atoms with Crippen molar-refractivity contribution in [3.8, 4) is 5.88 Å². The molecule has 1 unspecified atom stereocenters. The van der Waals surface area contributed by atoms with Gasteiger partial charge in [-0.1, -0.05) is 0 Å². The van der Waals surface area contributed by atoms with Gasteiger partial charge in [0.25, 0.3) is 0 Å². The highest BCUT2D eigenvalue weighted by atomic mass is 16.5. The van der Waals surface area contributed by atoms with Crippen molar-refractivity contribution < 1.29 is 14.3 Å². The second-order valence-corrected chi connectivity index (χ2v) is 5.09. The third-order valence-corrected chi connectivity index (χ3v) is 3.21. The number of nitrogens with zero attached hydrogens (tertiary/aromatic N) is 3. The summed E-state index contributed by atoms with van der Waals surface area (Å²) < 4.78 is 10.4. The Morgan fingerprint density at radius 2 is 2.25 bits per heavy atom. The van der Waals surface area contributed by atoms with E-state index >= 15 is 0 Å². The van der Waals surface area contributed by atoms with E-state index in [1.54, 1.807) is 12.3 Å². The highest BCUT2D eigenvalue weighted by Crippen LogP contribution is 2.24. The second-order valence-electron chi connectivity index (χ2n) is 5.09. The number of ether oxygens (including phenoxy) is 2. The topological polar surface area (TPSA) is 64.5 Å². The van der Waals surface area contributed by atoms with Gasteiger partial charge in [0.15, 0.2) is 0 Å². The Morgan fingerprint density at radius 3 is 2.95 bits per heavy atom. The van der Waals surface area contributed by atoms with Crippen molar-refractivity contribution in [1.82, 2.24) is 9.97 Å². The molecule has 1 aliphatic heterocycles. The van der Waals surface area contributed by atoms with Gasteiger partial charge in [0.2, 0.25) is 11.8 Å². The van der Waals surface area contributed by atoms with E-state index in [0.29, 0.717) is 11.8 Å². The molecule has 0 N–H and O–H groups in total. The van der Waals surface area contributed by atoms with Gasteiger partial charge < -0.3 is 14.4 Å². The lowest BCUT2D eigenvalue weighted by Crippen LogP contribution is -2.46. The number of rotatable bonds is 4. The van der Waals surface area contributed by atoms with E-state index in [0.717, 1.165) is 25.8 Å². The van der Waals surface area contributed by atoms with Gasteiger partial charge in [-0.15, -0.1) is 0 Å². The van der Waals surface area contributed by atoms with Crippen LogP contribution in [-0.4, -0.2) is 41.7 Å². The Hall–Kier alpha value is -1.85. The molecule has 2 rings (SSSR count). The van der Waals surface area contributed by atoms with Crippen molar-refractivity contribution in [3.63, 3.8) is 0 Å². The van der Waals surface area contributed by atoms with Crippen LogP contribution in [0.25, 0.3) is 0 Å². The third-order valence-electron chi connectivity index (χ3n) is 3.21. The van der Waals surface area contributed by atoms with Gasteiger partial charge in [0, 0.05) is 18.8 Å². The highest BCUT2D eigenvalue weighted by molar-refractivity contribution is 5.79. The van der Waals surface area contributed by atoms with Crippen molar-refractivity contribution >= 4 is 11.9 Å². The van der Waals surface area contributed by atoms with E-state index in [-0.39, 0.29) is 18.1 Å². The molecule has 1 saturated heterocycles. The highest BCUT2D eigenvalue weighted by Gasteiger charge is 2.31. The maximum Gasteiger partial charge on any atom is 0.328 e. The smallest absolute Gasteiger partial charge is 0.328 e. The van der Waals surface area contributed by atoms with E-state index < -0.39 is 0 Å². The van der Waals surface area contributed by atoms with E-state index in [1.807, 2.05) is 18.7 Å². The normalized spacial score (nSPS) is 19.0. The van der Waals surface area contributed by atoms with E-state index in [9.17, 15) is 4.79 Å². The minimum Gasteiger partial charge on any atom is -0.475 e. The molecule has 110 valence electrons. The predicted octanol–water partition coefficient (Wildman–Crippen LogP) is 1.80. The Bertz CT molecular complexity index is 465. The quantitative estimate of drug-likeness (QED) is 0.783. The van der Waals surface area contributed by atoms with E-state index in [2.05, 4.69) is 9.97 Å². The van der Waals surface area contributed by atoms with E-state index in [4.69, 9.17) is 9.47 Å². The van der Waals surface area contributed by atoms with Crippen LogP contribution in [-0.2, 0) is 9.53 Å². The first kappa shape index (κ1) is 14.6. The maximum absolute atomic E-state index is 11.9. The molecule has 20 heavy (non-hydrogen) atoms. The van der Waals surface area contributed by atoms with Crippen molar-refractivity contribution in [3.05, 3.63) is 12.3 Å². The fourth-order valence-electron chi connectivity index (χ4n) is 2.33. The van der Waals surface area contributed by atoms with Crippen LogP contribution in [0.3, 0.4) is 0 Å². The zero-order chi connectivity index (χ0) is 14.5. The van der Waals surface area contributed by atoms with Gasteiger partial charge in [-0.2, -0.15) is 4.98 Å². The molecule has 0 saturated carbocycles. The van der Waals surface area contributed by atoms with Crippen LogP contribution in [0.2, 0.25) is 0 Å². The van der Waals surface area contributed by atoms with Gasteiger partial charge in [-0.3, -0.25) is 0 Å². The lowest BCUT2D eigenvalue weighted by Gasteiger charge is -2.33. The molecule has 1 atom stereocenters. The van der Waals surface area contributed by atoms with Gasteiger partial charge >= 0.3 is 5.97 Å². The molecule has 0 aromatic carbocycles. The number of methoxy groups -OCH3 is 1. The van der Waals surface area contributed by atoms with Crippen LogP contribution in [0.15, 0.2) is 12.3 Å². The summed E-state index contributed by atoms with van der Waals surface area (Å²) >= 11 is 0. The Morgan fingerprint density at radius 1 is 1.45 bits per heavy atom. The molecular weight excluding hydrogens is 258 g/mol. The van der Waals surface area contributed by atoms with Crippen molar-refractivity contribution in [2.75, 3.05) is 18.6 Å². The lowest BCUT2D eigenvalue weighted by atomic mass is 10.0. The fourth-order valence-corrected chi connectivity index (χ4v) is 2.33. The fraction of sp³-hybridized carbons (Fsp3) is 0.643. The first-order valence-corrected chi connectivity index (χ1v) is 6.96. The molecule has 2 heterocycles. The molecule has 0 aliphatic carbocycles. The molecule has 1 aliphatic rings. The molecule has 1 aromatic heterocycles. The summed E-state index contributed by atoms with van der Waals surface area (Å²) in [4.78, 5) is 22.4. The summed E-state index contributed by atoms with van der Waals surface area (Å²) in [5.41, 5.74) is 0. The monoisotopic (exact) mass is 279 g/mol. The van der Waals surface area contributed by atoms with Crippen LogP contribution in [0.1, 0.15) is 33.1 Å². The number of hydrogen-bond acceptors (Lipinski definition) is 6. The standard InChI is InChI=1S/C14H21N3O3/c1-10(2)20-12-7-8-15-14(16-12)17-9-5-4-6-11(17)13(18)19-3/h7-8,10-11H,4-6,9H2,1-3H3. The summed E-state index contributed by atoms with van der Waals surface area (Å²) in [6.07, 6.45) is 4.51. The molecule has 0 amide bonds. The summed E-state index contributed by atoms with van der Waals surface area (Å²) in [6, 6.07) is 1.42. The van der Waals surface area contributed by atoms with Crippen LogP contribution in [0.5, 0.6) is 5.88 Å². The van der Waals surface area contributed by atoms with Crippen molar-refractivity contribution in [1.29, 1.82) is 0 Å². The van der Waals surface area contributed by atoms with Gasteiger partial charge in [-0.05, 0) is 33.1 Å². The lowest BCUT2D eigenvalue weighted by molar-refractivity contribution is -0.142. The van der Waals surface area contributed by atoms with Crippen LogP contribution < -0.4 is 9.64 Å². The molecule has 1 aromatic rings. The SMILES string of the molecule is COC(=O)C1CCCCN1c1nccc(OC(C)C)n1.